The number of halogens is 1. The van der Waals surface area contributed by atoms with Crippen LogP contribution in [-0.4, -0.2) is 4.98 Å². The van der Waals surface area contributed by atoms with Crippen molar-refractivity contribution in [3.05, 3.63) is 64.9 Å². The van der Waals surface area contributed by atoms with Gasteiger partial charge >= 0.3 is 0 Å². The van der Waals surface area contributed by atoms with Crippen molar-refractivity contribution in [3.8, 4) is 0 Å². The van der Waals surface area contributed by atoms with Gasteiger partial charge in [0.05, 0.1) is 0 Å². The van der Waals surface area contributed by atoms with Gasteiger partial charge in [0.15, 0.2) is 0 Å². The topological polar surface area (TPSA) is 12.9 Å². The summed E-state index contributed by atoms with van der Waals surface area (Å²) in [5.74, 6) is 0. The molecule has 15 heavy (non-hydrogen) atoms. The highest BCUT2D eigenvalue weighted by molar-refractivity contribution is 6.30. The summed E-state index contributed by atoms with van der Waals surface area (Å²) in [4.78, 5) is 3.96. The third kappa shape index (κ3) is 2.93. The SMILES string of the molecule is Clc1ccc(C=Cc2ccncc2)cc1. The minimum absolute atomic E-state index is 0.760. The maximum absolute atomic E-state index is 5.80. The van der Waals surface area contributed by atoms with Crippen LogP contribution >= 0.6 is 11.6 Å². The van der Waals surface area contributed by atoms with Gasteiger partial charge in [-0.3, -0.25) is 4.98 Å². The molecule has 1 heterocycles. The lowest BCUT2D eigenvalue weighted by atomic mass is 10.1. The van der Waals surface area contributed by atoms with Gasteiger partial charge in [0.1, 0.15) is 0 Å². The summed E-state index contributed by atoms with van der Waals surface area (Å²) in [5, 5.41) is 0.760. The summed E-state index contributed by atoms with van der Waals surface area (Å²) in [7, 11) is 0. The number of aromatic nitrogens is 1. The predicted octanol–water partition coefficient (Wildman–Crippen LogP) is 3.91. The summed E-state index contributed by atoms with van der Waals surface area (Å²) < 4.78 is 0. The van der Waals surface area contributed by atoms with Crippen LogP contribution in [0.2, 0.25) is 5.02 Å². The second-order valence-corrected chi connectivity index (χ2v) is 3.60. The molecule has 74 valence electrons. The third-order valence-corrected chi connectivity index (χ3v) is 2.30. The second kappa shape index (κ2) is 4.76. The van der Waals surface area contributed by atoms with Crippen LogP contribution < -0.4 is 0 Å². The standard InChI is InChI=1S/C13H10ClN/c14-13-5-3-11(4-6-13)1-2-12-7-9-15-10-8-12/h1-10H. The molecule has 0 unspecified atom stereocenters. The number of pyridine rings is 1. The van der Waals surface area contributed by atoms with E-state index in [-0.39, 0.29) is 0 Å². The zero-order chi connectivity index (χ0) is 10.5. The van der Waals surface area contributed by atoms with Gasteiger partial charge in [0.2, 0.25) is 0 Å². The van der Waals surface area contributed by atoms with Crippen molar-refractivity contribution < 1.29 is 0 Å². The number of benzene rings is 1. The Labute approximate surface area is 94.1 Å². The van der Waals surface area contributed by atoms with Crippen LogP contribution in [0.4, 0.5) is 0 Å². The lowest BCUT2D eigenvalue weighted by Crippen LogP contribution is -1.73. The van der Waals surface area contributed by atoms with Gasteiger partial charge in [0.25, 0.3) is 0 Å². The van der Waals surface area contributed by atoms with E-state index in [9.17, 15) is 0 Å². The van der Waals surface area contributed by atoms with E-state index in [1.807, 2.05) is 48.6 Å². The maximum Gasteiger partial charge on any atom is 0.0406 e. The van der Waals surface area contributed by atoms with Gasteiger partial charge in [-0.05, 0) is 35.4 Å². The molecule has 0 spiro atoms. The highest BCUT2D eigenvalue weighted by Crippen LogP contribution is 2.12. The monoisotopic (exact) mass is 215 g/mol. The molecule has 0 bridgehead atoms. The average Bonchev–Trinajstić information content (AvgIpc) is 2.30. The van der Waals surface area contributed by atoms with Crippen LogP contribution in [0.15, 0.2) is 48.8 Å². The van der Waals surface area contributed by atoms with E-state index in [1.54, 1.807) is 12.4 Å². The molecular formula is C13H10ClN. The fraction of sp³-hybridized carbons (Fsp3) is 0. The first-order valence-corrected chi connectivity index (χ1v) is 5.06. The fourth-order valence-corrected chi connectivity index (χ4v) is 1.37. The van der Waals surface area contributed by atoms with Crippen LogP contribution in [-0.2, 0) is 0 Å². The highest BCUT2D eigenvalue weighted by Gasteiger charge is 1.88. The Hall–Kier alpha value is -1.60. The van der Waals surface area contributed by atoms with E-state index in [0.29, 0.717) is 0 Å². The molecule has 2 aromatic rings. The molecule has 2 heteroatoms. The quantitative estimate of drug-likeness (QED) is 0.740. The molecule has 1 nitrogen and oxygen atoms in total. The summed E-state index contributed by atoms with van der Waals surface area (Å²) in [5.41, 5.74) is 2.27. The Morgan fingerprint density at radius 2 is 1.33 bits per heavy atom. The van der Waals surface area contributed by atoms with E-state index in [4.69, 9.17) is 11.6 Å². The Morgan fingerprint density at radius 3 is 1.93 bits per heavy atom. The van der Waals surface area contributed by atoms with Crippen LogP contribution in [0.3, 0.4) is 0 Å². The third-order valence-electron chi connectivity index (χ3n) is 2.04. The van der Waals surface area contributed by atoms with Crippen molar-refractivity contribution in [1.29, 1.82) is 0 Å². The number of hydrogen-bond donors (Lipinski definition) is 0. The van der Waals surface area contributed by atoms with E-state index in [1.165, 1.54) is 0 Å². The summed E-state index contributed by atoms with van der Waals surface area (Å²) in [6.07, 6.45) is 7.65. The van der Waals surface area contributed by atoms with Crippen molar-refractivity contribution in [1.82, 2.24) is 4.98 Å². The van der Waals surface area contributed by atoms with E-state index in [0.717, 1.165) is 16.1 Å². The Kier molecular flexibility index (Phi) is 3.15. The highest BCUT2D eigenvalue weighted by atomic mass is 35.5. The smallest absolute Gasteiger partial charge is 0.0406 e. The molecule has 0 aliphatic rings. The molecular weight excluding hydrogens is 206 g/mol. The zero-order valence-electron chi connectivity index (χ0n) is 8.10. The molecule has 1 aromatic carbocycles. The van der Waals surface area contributed by atoms with Gasteiger partial charge in [-0.2, -0.15) is 0 Å². The van der Waals surface area contributed by atoms with E-state index >= 15 is 0 Å². The van der Waals surface area contributed by atoms with Crippen LogP contribution in [0.5, 0.6) is 0 Å². The van der Waals surface area contributed by atoms with Gasteiger partial charge in [-0.25, -0.2) is 0 Å². The Bertz CT molecular complexity index is 446. The average molecular weight is 216 g/mol. The molecule has 0 amide bonds. The van der Waals surface area contributed by atoms with Crippen molar-refractivity contribution in [3.63, 3.8) is 0 Å². The van der Waals surface area contributed by atoms with Crippen molar-refractivity contribution in [2.24, 2.45) is 0 Å². The first-order valence-electron chi connectivity index (χ1n) is 4.68. The molecule has 0 aliphatic carbocycles. The number of rotatable bonds is 2. The predicted molar refractivity (Wildman–Crippen MR) is 64.6 cm³/mol. The molecule has 0 saturated carbocycles. The lowest BCUT2D eigenvalue weighted by molar-refractivity contribution is 1.32. The van der Waals surface area contributed by atoms with Gasteiger partial charge in [0, 0.05) is 17.4 Å². The number of nitrogens with zero attached hydrogens (tertiary/aromatic N) is 1. The van der Waals surface area contributed by atoms with Crippen molar-refractivity contribution in [2.45, 2.75) is 0 Å². The molecule has 0 N–H and O–H groups in total. The first kappa shape index (κ1) is 9.94. The Balaban J connectivity index is 2.15. The molecule has 0 saturated heterocycles. The van der Waals surface area contributed by atoms with Crippen LogP contribution in [0.25, 0.3) is 12.2 Å². The second-order valence-electron chi connectivity index (χ2n) is 3.17. The summed E-state index contributed by atoms with van der Waals surface area (Å²) >= 11 is 5.80. The number of hydrogen-bond acceptors (Lipinski definition) is 1. The van der Waals surface area contributed by atoms with E-state index in [2.05, 4.69) is 4.98 Å². The van der Waals surface area contributed by atoms with Crippen molar-refractivity contribution in [2.75, 3.05) is 0 Å². The Morgan fingerprint density at radius 1 is 0.800 bits per heavy atom. The molecule has 1 aromatic heterocycles. The van der Waals surface area contributed by atoms with Crippen LogP contribution in [0, 0.1) is 0 Å². The normalized spacial score (nSPS) is 10.7. The largest absolute Gasteiger partial charge is 0.265 e. The molecule has 0 fully saturated rings. The van der Waals surface area contributed by atoms with E-state index < -0.39 is 0 Å². The fourth-order valence-electron chi connectivity index (χ4n) is 1.24. The minimum atomic E-state index is 0.760. The van der Waals surface area contributed by atoms with Gasteiger partial charge in [-0.15, -0.1) is 0 Å². The summed E-state index contributed by atoms with van der Waals surface area (Å²) in [6, 6.07) is 11.7. The molecule has 0 atom stereocenters. The lowest BCUT2D eigenvalue weighted by Gasteiger charge is -1.94. The van der Waals surface area contributed by atoms with Crippen molar-refractivity contribution >= 4 is 23.8 Å². The van der Waals surface area contributed by atoms with Crippen LogP contribution in [0.1, 0.15) is 11.1 Å². The molecule has 0 aliphatic heterocycles. The maximum atomic E-state index is 5.80. The molecule has 2 rings (SSSR count). The molecule has 0 radical (unpaired) electrons. The zero-order valence-corrected chi connectivity index (χ0v) is 8.85. The first-order chi connectivity index (χ1) is 7.34. The summed E-state index contributed by atoms with van der Waals surface area (Å²) in [6.45, 7) is 0. The van der Waals surface area contributed by atoms with Gasteiger partial charge < -0.3 is 0 Å². The van der Waals surface area contributed by atoms with Gasteiger partial charge in [-0.1, -0.05) is 35.9 Å². The minimum Gasteiger partial charge on any atom is -0.265 e.